The van der Waals surface area contributed by atoms with Crippen molar-refractivity contribution >= 4 is 35.6 Å². The van der Waals surface area contributed by atoms with Gasteiger partial charge < -0.3 is 16.0 Å². The molecule has 1 fully saturated rings. The van der Waals surface area contributed by atoms with Crippen LogP contribution in [0.3, 0.4) is 0 Å². The summed E-state index contributed by atoms with van der Waals surface area (Å²) in [6.07, 6.45) is 1.66. The molecule has 2 amide bonds. The van der Waals surface area contributed by atoms with Crippen molar-refractivity contribution in [1.82, 2.24) is 10.2 Å². The van der Waals surface area contributed by atoms with Crippen LogP contribution in [0.1, 0.15) is 28.1 Å². The maximum atomic E-state index is 13.1. The highest BCUT2D eigenvalue weighted by Gasteiger charge is 2.30. The van der Waals surface area contributed by atoms with Crippen LogP contribution in [0, 0.1) is 12.8 Å². The molecule has 3 rings (SSSR count). The molecule has 1 aliphatic heterocycles. The van der Waals surface area contributed by atoms with Gasteiger partial charge in [-0.2, -0.15) is 0 Å². The van der Waals surface area contributed by atoms with E-state index in [1.54, 1.807) is 0 Å². The van der Waals surface area contributed by atoms with Gasteiger partial charge >= 0.3 is 0 Å². The van der Waals surface area contributed by atoms with Crippen LogP contribution < -0.4 is 11.1 Å². The lowest BCUT2D eigenvalue weighted by Gasteiger charge is -2.32. The van der Waals surface area contributed by atoms with Crippen molar-refractivity contribution in [2.75, 3.05) is 26.2 Å². The fraction of sp³-hybridized carbons (Fsp3) is 0.400. The predicted molar refractivity (Wildman–Crippen MR) is 112 cm³/mol. The molecule has 5 nitrogen and oxygen atoms in total. The number of thiophene rings is 1. The van der Waals surface area contributed by atoms with Crippen molar-refractivity contribution in [2.45, 2.75) is 19.8 Å². The summed E-state index contributed by atoms with van der Waals surface area (Å²) in [5, 5.41) is 4.80. The first-order valence-corrected chi connectivity index (χ1v) is 9.89. The molecule has 3 N–H and O–H groups in total. The number of benzene rings is 1. The van der Waals surface area contributed by atoms with Crippen molar-refractivity contribution in [2.24, 2.45) is 11.7 Å². The highest BCUT2D eigenvalue weighted by molar-refractivity contribution is 7.12. The molecule has 1 aromatic heterocycles. The molecular formula is C20H26ClN3O2S. The number of carbonyl (C=O) groups excluding carboxylic acids is 2. The summed E-state index contributed by atoms with van der Waals surface area (Å²) in [4.78, 5) is 27.9. The van der Waals surface area contributed by atoms with Crippen LogP contribution in [-0.4, -0.2) is 42.9 Å². The molecule has 2 aromatic rings. The molecule has 1 unspecified atom stereocenters. The van der Waals surface area contributed by atoms with E-state index in [1.807, 2.05) is 35.4 Å². The number of nitrogens with zero attached hydrogens (tertiary/aromatic N) is 1. The van der Waals surface area contributed by atoms with E-state index >= 15 is 0 Å². The maximum Gasteiger partial charge on any atom is 0.264 e. The van der Waals surface area contributed by atoms with Crippen LogP contribution in [0.4, 0.5) is 0 Å². The lowest BCUT2D eigenvalue weighted by molar-refractivity contribution is -0.126. The van der Waals surface area contributed by atoms with Gasteiger partial charge in [-0.15, -0.1) is 23.7 Å². The van der Waals surface area contributed by atoms with Crippen LogP contribution in [0.25, 0.3) is 11.1 Å². The van der Waals surface area contributed by atoms with Crippen molar-refractivity contribution < 1.29 is 9.59 Å². The Bertz CT molecular complexity index is 776. The number of hydrogen-bond donors (Lipinski definition) is 2. The van der Waals surface area contributed by atoms with Gasteiger partial charge in [0, 0.05) is 31.7 Å². The largest absolute Gasteiger partial charge is 0.355 e. The summed E-state index contributed by atoms with van der Waals surface area (Å²) in [7, 11) is 0. The van der Waals surface area contributed by atoms with Gasteiger partial charge in [0.2, 0.25) is 5.91 Å². The number of nitrogens with two attached hydrogens (primary N) is 1. The quantitative estimate of drug-likeness (QED) is 0.799. The van der Waals surface area contributed by atoms with E-state index in [1.165, 1.54) is 16.9 Å². The standard InChI is InChI=1S/C20H25N3O2S.ClH/c1-14-4-6-15(7-5-14)17-8-12-26-18(17)20(25)23-11-2-3-16(13-23)19(24)22-10-9-21;/h4-8,12,16H,2-3,9-11,13,21H2,1H3,(H,22,24);1H. The third-order valence-corrected chi connectivity index (χ3v) is 5.65. The minimum absolute atomic E-state index is 0. The molecule has 1 aromatic carbocycles. The van der Waals surface area contributed by atoms with Crippen LogP contribution in [0.5, 0.6) is 0 Å². The van der Waals surface area contributed by atoms with Crippen LogP contribution in [0.2, 0.25) is 0 Å². The summed E-state index contributed by atoms with van der Waals surface area (Å²) < 4.78 is 0. The van der Waals surface area contributed by atoms with Crippen molar-refractivity contribution in [3.05, 3.63) is 46.2 Å². The topological polar surface area (TPSA) is 75.4 Å². The smallest absolute Gasteiger partial charge is 0.264 e. The Morgan fingerprint density at radius 2 is 2.00 bits per heavy atom. The summed E-state index contributed by atoms with van der Waals surface area (Å²) in [6, 6.07) is 10.2. The van der Waals surface area contributed by atoms with Gasteiger partial charge in [0.05, 0.1) is 10.8 Å². The Labute approximate surface area is 170 Å². The van der Waals surface area contributed by atoms with E-state index in [2.05, 4.69) is 17.4 Å². The van der Waals surface area contributed by atoms with Gasteiger partial charge in [-0.25, -0.2) is 0 Å². The van der Waals surface area contributed by atoms with E-state index in [-0.39, 0.29) is 30.1 Å². The first-order chi connectivity index (χ1) is 12.6. The van der Waals surface area contributed by atoms with E-state index in [0.29, 0.717) is 26.2 Å². The molecule has 2 heterocycles. The number of nitrogens with one attached hydrogen (secondary N) is 1. The third-order valence-electron chi connectivity index (χ3n) is 4.75. The first-order valence-electron chi connectivity index (χ1n) is 9.01. The molecule has 27 heavy (non-hydrogen) atoms. The highest BCUT2D eigenvalue weighted by atomic mass is 35.5. The predicted octanol–water partition coefficient (Wildman–Crippen LogP) is 3.07. The van der Waals surface area contributed by atoms with Gasteiger partial charge in [0.25, 0.3) is 5.91 Å². The summed E-state index contributed by atoms with van der Waals surface area (Å²) in [5.74, 6) is -0.133. The average Bonchev–Trinajstić information content (AvgIpc) is 3.16. The number of carbonyl (C=O) groups is 2. The lowest BCUT2D eigenvalue weighted by Crippen LogP contribution is -2.46. The third kappa shape index (κ3) is 5.09. The molecule has 0 aliphatic carbocycles. The fourth-order valence-corrected chi connectivity index (χ4v) is 4.18. The SMILES string of the molecule is Cc1ccc(-c2ccsc2C(=O)N2CCCC(C(=O)NCCN)C2)cc1.Cl. The van der Waals surface area contributed by atoms with E-state index in [9.17, 15) is 9.59 Å². The maximum absolute atomic E-state index is 13.1. The molecule has 0 radical (unpaired) electrons. The molecule has 1 aliphatic rings. The highest BCUT2D eigenvalue weighted by Crippen LogP contribution is 2.31. The number of amides is 2. The number of rotatable bonds is 5. The number of hydrogen-bond acceptors (Lipinski definition) is 4. The van der Waals surface area contributed by atoms with Gasteiger partial charge in [-0.05, 0) is 36.8 Å². The Morgan fingerprint density at radius 1 is 1.26 bits per heavy atom. The van der Waals surface area contributed by atoms with Crippen LogP contribution >= 0.6 is 23.7 Å². The van der Waals surface area contributed by atoms with Crippen molar-refractivity contribution in [1.29, 1.82) is 0 Å². The number of aryl methyl sites for hydroxylation is 1. The molecule has 146 valence electrons. The summed E-state index contributed by atoms with van der Waals surface area (Å²) in [5.41, 5.74) is 8.66. The Morgan fingerprint density at radius 3 is 2.70 bits per heavy atom. The van der Waals surface area contributed by atoms with Gasteiger partial charge in [-0.1, -0.05) is 29.8 Å². The van der Waals surface area contributed by atoms with E-state index in [4.69, 9.17) is 5.73 Å². The van der Waals surface area contributed by atoms with E-state index < -0.39 is 0 Å². The zero-order valence-corrected chi connectivity index (χ0v) is 17.1. The Hall–Kier alpha value is -1.89. The van der Waals surface area contributed by atoms with Crippen molar-refractivity contribution in [3.63, 3.8) is 0 Å². The first kappa shape index (κ1) is 21.4. The molecule has 1 atom stereocenters. The number of piperidine rings is 1. The Kier molecular flexibility index (Phi) is 7.83. The second kappa shape index (κ2) is 9.88. The second-order valence-corrected chi connectivity index (χ2v) is 7.62. The Balaban J connectivity index is 0.00000261. The molecule has 0 bridgehead atoms. The van der Waals surface area contributed by atoms with Gasteiger partial charge in [-0.3, -0.25) is 9.59 Å². The zero-order valence-electron chi connectivity index (χ0n) is 15.4. The molecule has 7 heteroatoms. The summed E-state index contributed by atoms with van der Waals surface area (Å²) in [6.45, 7) is 4.13. The van der Waals surface area contributed by atoms with Crippen molar-refractivity contribution in [3.8, 4) is 11.1 Å². The molecular weight excluding hydrogens is 382 g/mol. The molecule has 1 saturated heterocycles. The van der Waals surface area contributed by atoms with Crippen LogP contribution in [-0.2, 0) is 4.79 Å². The molecule has 0 spiro atoms. The number of likely N-dealkylation sites (tertiary alicyclic amines) is 1. The second-order valence-electron chi connectivity index (χ2n) is 6.70. The minimum Gasteiger partial charge on any atom is -0.355 e. The molecule has 0 saturated carbocycles. The van der Waals surface area contributed by atoms with E-state index in [0.717, 1.165) is 28.8 Å². The van der Waals surface area contributed by atoms with Crippen LogP contribution in [0.15, 0.2) is 35.7 Å². The van der Waals surface area contributed by atoms with Gasteiger partial charge in [0.15, 0.2) is 0 Å². The van der Waals surface area contributed by atoms with Gasteiger partial charge in [0.1, 0.15) is 0 Å². The lowest BCUT2D eigenvalue weighted by atomic mass is 9.96. The number of halogens is 1. The summed E-state index contributed by atoms with van der Waals surface area (Å²) >= 11 is 1.47. The average molecular weight is 408 g/mol. The monoisotopic (exact) mass is 407 g/mol. The normalized spacial score (nSPS) is 16.5. The minimum atomic E-state index is -0.151. The fourth-order valence-electron chi connectivity index (χ4n) is 3.29. The zero-order chi connectivity index (χ0) is 18.5.